The van der Waals surface area contributed by atoms with Crippen LogP contribution in [-0.2, 0) is 12.7 Å². The van der Waals surface area contributed by atoms with E-state index >= 15 is 0 Å². The van der Waals surface area contributed by atoms with Gasteiger partial charge in [0, 0.05) is 0 Å². The minimum atomic E-state index is -4.56. The highest BCUT2D eigenvalue weighted by molar-refractivity contribution is 5.97. The third kappa shape index (κ3) is 3.11. The monoisotopic (exact) mass is 301 g/mol. The molecule has 1 heterocycles. The fourth-order valence-electron chi connectivity index (χ4n) is 1.66. The third-order valence-corrected chi connectivity index (χ3v) is 2.64. The van der Waals surface area contributed by atoms with Gasteiger partial charge in [0.25, 0.3) is 0 Å². The summed E-state index contributed by atoms with van der Waals surface area (Å²) < 4.78 is 42.7. The highest BCUT2D eigenvalue weighted by atomic mass is 19.4. The quantitative estimate of drug-likeness (QED) is 0.453. The first-order valence-corrected chi connectivity index (χ1v) is 5.59. The molecule has 112 valence electrons. The Bertz CT molecular complexity index is 655. The summed E-state index contributed by atoms with van der Waals surface area (Å²) in [6, 6.07) is 4.72. The van der Waals surface area contributed by atoms with E-state index in [0.717, 1.165) is 6.07 Å². The minimum Gasteiger partial charge on any atom is -0.379 e. The van der Waals surface area contributed by atoms with Gasteiger partial charge in [-0.05, 0) is 21.9 Å². The van der Waals surface area contributed by atoms with Crippen LogP contribution in [0.25, 0.3) is 0 Å². The molecule has 0 radical (unpaired) electrons. The molecule has 0 aliphatic carbocycles. The molecule has 0 fully saturated rings. The number of amidine groups is 1. The number of hydrogen-bond donors (Lipinski definition) is 3. The van der Waals surface area contributed by atoms with Crippen LogP contribution < -0.4 is 5.73 Å². The number of halogens is 3. The summed E-state index contributed by atoms with van der Waals surface area (Å²) in [5, 5.41) is 24.1. The number of hydroxylamine groups is 2. The second-order valence-electron chi connectivity index (χ2n) is 4.06. The number of rotatable bonds is 3. The lowest BCUT2D eigenvalue weighted by Crippen LogP contribution is -2.29. The van der Waals surface area contributed by atoms with Crippen LogP contribution >= 0.6 is 0 Å². The van der Waals surface area contributed by atoms with Crippen molar-refractivity contribution in [1.29, 1.82) is 5.41 Å². The molecule has 10 heteroatoms. The molecule has 0 aliphatic rings. The van der Waals surface area contributed by atoms with E-state index in [-0.39, 0.29) is 22.1 Å². The van der Waals surface area contributed by atoms with E-state index in [1.54, 1.807) is 0 Å². The molecule has 0 saturated heterocycles. The SMILES string of the molecule is N=C(c1nonc1N)N(O)Cc1ccccc1C(F)(F)F. The zero-order valence-corrected chi connectivity index (χ0v) is 10.4. The van der Waals surface area contributed by atoms with Gasteiger partial charge in [0.15, 0.2) is 17.3 Å². The topological polar surface area (TPSA) is 112 Å². The maximum Gasteiger partial charge on any atom is 0.416 e. The van der Waals surface area contributed by atoms with Gasteiger partial charge in [-0.2, -0.15) is 13.2 Å². The minimum absolute atomic E-state index is 0.202. The number of benzene rings is 1. The highest BCUT2D eigenvalue weighted by Gasteiger charge is 2.33. The molecule has 0 spiro atoms. The summed E-state index contributed by atoms with van der Waals surface area (Å²) in [6.07, 6.45) is -4.56. The predicted molar refractivity (Wildman–Crippen MR) is 64.3 cm³/mol. The van der Waals surface area contributed by atoms with E-state index in [0.29, 0.717) is 0 Å². The second kappa shape index (κ2) is 5.40. The van der Waals surface area contributed by atoms with Crippen LogP contribution in [0.1, 0.15) is 16.8 Å². The largest absolute Gasteiger partial charge is 0.416 e. The lowest BCUT2D eigenvalue weighted by molar-refractivity contribution is -0.139. The van der Waals surface area contributed by atoms with Crippen molar-refractivity contribution in [1.82, 2.24) is 15.4 Å². The Hall–Kier alpha value is -2.62. The van der Waals surface area contributed by atoms with Crippen LogP contribution in [0.4, 0.5) is 19.0 Å². The average molecular weight is 301 g/mol. The van der Waals surface area contributed by atoms with Crippen LogP contribution in [-0.4, -0.2) is 26.4 Å². The van der Waals surface area contributed by atoms with Gasteiger partial charge in [-0.15, -0.1) is 0 Å². The number of aromatic nitrogens is 2. The first-order valence-electron chi connectivity index (χ1n) is 5.59. The van der Waals surface area contributed by atoms with Gasteiger partial charge in [0.05, 0.1) is 12.1 Å². The predicted octanol–water partition coefficient (Wildman–Crippen LogP) is 1.89. The number of nitrogens with zero attached hydrogens (tertiary/aromatic N) is 3. The molecule has 0 bridgehead atoms. The molecule has 0 aliphatic heterocycles. The maximum atomic E-state index is 12.8. The number of nitrogen functional groups attached to an aromatic ring is 1. The number of hydrogen-bond acceptors (Lipinski definition) is 6. The van der Waals surface area contributed by atoms with Crippen molar-refractivity contribution < 1.29 is 23.0 Å². The summed E-state index contributed by atoms with van der Waals surface area (Å²) in [4.78, 5) is 0. The molecule has 1 aromatic heterocycles. The molecule has 4 N–H and O–H groups in total. The summed E-state index contributed by atoms with van der Waals surface area (Å²) in [5.74, 6) is -0.867. The van der Waals surface area contributed by atoms with Crippen molar-refractivity contribution in [2.24, 2.45) is 0 Å². The fraction of sp³-hybridized carbons (Fsp3) is 0.182. The van der Waals surface area contributed by atoms with Crippen LogP contribution in [0.15, 0.2) is 28.9 Å². The molecule has 7 nitrogen and oxygen atoms in total. The van der Waals surface area contributed by atoms with E-state index in [1.165, 1.54) is 18.2 Å². The third-order valence-electron chi connectivity index (χ3n) is 2.64. The molecular formula is C11H10F3N5O2. The van der Waals surface area contributed by atoms with Gasteiger partial charge >= 0.3 is 6.18 Å². The summed E-state index contributed by atoms with van der Waals surface area (Å²) in [5.41, 5.74) is 3.98. The van der Waals surface area contributed by atoms with Crippen molar-refractivity contribution in [2.45, 2.75) is 12.7 Å². The summed E-state index contributed by atoms with van der Waals surface area (Å²) in [6.45, 7) is -0.569. The van der Waals surface area contributed by atoms with E-state index in [2.05, 4.69) is 14.9 Å². The highest BCUT2D eigenvalue weighted by Crippen LogP contribution is 2.32. The Labute approximate surface area is 116 Å². The zero-order chi connectivity index (χ0) is 15.6. The lowest BCUT2D eigenvalue weighted by Gasteiger charge is -2.19. The smallest absolute Gasteiger partial charge is 0.379 e. The Kier molecular flexibility index (Phi) is 3.80. The van der Waals surface area contributed by atoms with Crippen molar-refractivity contribution in [3.8, 4) is 0 Å². The Morgan fingerprint density at radius 3 is 2.57 bits per heavy atom. The van der Waals surface area contributed by atoms with Gasteiger partial charge in [-0.1, -0.05) is 18.2 Å². The molecular weight excluding hydrogens is 291 g/mol. The molecule has 0 unspecified atom stereocenters. The average Bonchev–Trinajstić information content (AvgIpc) is 2.83. The van der Waals surface area contributed by atoms with Crippen molar-refractivity contribution in [3.63, 3.8) is 0 Å². The number of anilines is 1. The molecule has 2 aromatic rings. The second-order valence-corrected chi connectivity index (χ2v) is 4.06. The standard InChI is InChI=1S/C11H10F3N5O2/c12-11(13,14)7-4-2-1-3-6(7)5-19(20)10(16)8-9(15)18-21-17-8/h1-4,16,20H,5H2,(H2,15,18). The van der Waals surface area contributed by atoms with Gasteiger partial charge in [-0.25, -0.2) is 9.69 Å². The van der Waals surface area contributed by atoms with Gasteiger partial charge in [0.2, 0.25) is 0 Å². The van der Waals surface area contributed by atoms with Crippen molar-refractivity contribution in [3.05, 3.63) is 41.1 Å². The van der Waals surface area contributed by atoms with Crippen molar-refractivity contribution in [2.75, 3.05) is 5.73 Å². The Morgan fingerprint density at radius 2 is 2.00 bits per heavy atom. The molecule has 0 amide bonds. The van der Waals surface area contributed by atoms with Gasteiger partial charge in [-0.3, -0.25) is 10.6 Å². The normalized spacial score (nSPS) is 11.4. The first-order chi connectivity index (χ1) is 9.80. The van der Waals surface area contributed by atoms with Crippen molar-refractivity contribution >= 4 is 11.7 Å². The number of nitrogens with two attached hydrogens (primary N) is 1. The van der Waals surface area contributed by atoms with Crippen LogP contribution in [0.3, 0.4) is 0 Å². The number of alkyl halides is 3. The molecule has 2 rings (SSSR count). The fourth-order valence-corrected chi connectivity index (χ4v) is 1.66. The molecule has 21 heavy (non-hydrogen) atoms. The Morgan fingerprint density at radius 1 is 1.33 bits per heavy atom. The summed E-state index contributed by atoms with van der Waals surface area (Å²) >= 11 is 0. The van der Waals surface area contributed by atoms with Gasteiger partial charge < -0.3 is 5.73 Å². The van der Waals surface area contributed by atoms with Crippen LogP contribution in [0.5, 0.6) is 0 Å². The van der Waals surface area contributed by atoms with Crippen LogP contribution in [0, 0.1) is 5.41 Å². The number of nitrogens with one attached hydrogen (secondary N) is 1. The lowest BCUT2D eigenvalue weighted by atomic mass is 10.1. The maximum absolute atomic E-state index is 12.8. The molecule has 1 aromatic carbocycles. The van der Waals surface area contributed by atoms with Gasteiger partial charge in [0.1, 0.15) is 0 Å². The van der Waals surface area contributed by atoms with E-state index in [1.807, 2.05) is 0 Å². The first kappa shape index (κ1) is 14.8. The summed E-state index contributed by atoms with van der Waals surface area (Å²) in [7, 11) is 0. The van der Waals surface area contributed by atoms with E-state index < -0.39 is 24.1 Å². The Balaban J connectivity index is 2.23. The molecule has 0 saturated carbocycles. The molecule has 0 atom stereocenters. The van der Waals surface area contributed by atoms with E-state index in [9.17, 15) is 18.4 Å². The van der Waals surface area contributed by atoms with E-state index in [4.69, 9.17) is 11.1 Å². The zero-order valence-electron chi connectivity index (χ0n) is 10.4. The van der Waals surface area contributed by atoms with Crippen LogP contribution in [0.2, 0.25) is 0 Å².